The highest BCUT2D eigenvalue weighted by Crippen LogP contribution is 2.10. The minimum atomic E-state index is 0.596. The molecule has 1 heterocycles. The fourth-order valence-electron chi connectivity index (χ4n) is 1.90. The van der Waals surface area contributed by atoms with E-state index in [0.29, 0.717) is 13.1 Å². The van der Waals surface area contributed by atoms with Gasteiger partial charge >= 0.3 is 0 Å². The molecule has 112 valence electrons. The Morgan fingerprint density at radius 3 is 2.86 bits per heavy atom. The highest BCUT2D eigenvalue weighted by Gasteiger charge is 2.00. The Morgan fingerprint density at radius 2 is 2.19 bits per heavy atom. The van der Waals surface area contributed by atoms with Gasteiger partial charge in [0.1, 0.15) is 0 Å². The zero-order chi connectivity index (χ0) is 15.1. The molecular formula is C15H20ClN5. The Kier molecular flexibility index (Phi) is 5.63. The van der Waals surface area contributed by atoms with Crippen molar-refractivity contribution in [2.75, 3.05) is 6.54 Å². The summed E-state index contributed by atoms with van der Waals surface area (Å²) in [4.78, 5) is 4.54. The number of hydrogen-bond acceptors (Lipinski definition) is 2. The highest BCUT2D eigenvalue weighted by atomic mass is 35.5. The number of aromatic nitrogens is 2. The summed E-state index contributed by atoms with van der Waals surface area (Å²) >= 11 is 5.98. The van der Waals surface area contributed by atoms with Crippen LogP contribution in [0.15, 0.2) is 41.7 Å². The molecule has 0 bridgehead atoms. The van der Waals surface area contributed by atoms with E-state index in [1.165, 1.54) is 0 Å². The maximum Gasteiger partial charge on any atom is 0.191 e. The number of benzene rings is 1. The second kappa shape index (κ2) is 7.69. The molecule has 21 heavy (non-hydrogen) atoms. The van der Waals surface area contributed by atoms with Gasteiger partial charge in [-0.1, -0.05) is 23.7 Å². The van der Waals surface area contributed by atoms with E-state index in [1.807, 2.05) is 50.6 Å². The first kappa shape index (κ1) is 15.4. The molecule has 0 radical (unpaired) electrons. The van der Waals surface area contributed by atoms with Crippen molar-refractivity contribution in [1.29, 1.82) is 0 Å². The number of hydrogen-bond donors (Lipinski definition) is 2. The lowest BCUT2D eigenvalue weighted by Crippen LogP contribution is -2.36. The molecule has 1 aromatic heterocycles. The van der Waals surface area contributed by atoms with E-state index in [0.717, 1.165) is 28.7 Å². The molecule has 2 rings (SSSR count). The monoisotopic (exact) mass is 305 g/mol. The van der Waals surface area contributed by atoms with E-state index in [-0.39, 0.29) is 0 Å². The second-order valence-corrected chi connectivity index (χ2v) is 5.14. The third-order valence-electron chi connectivity index (χ3n) is 2.87. The van der Waals surface area contributed by atoms with Gasteiger partial charge in [0.15, 0.2) is 5.96 Å². The normalized spacial score (nSPS) is 11.5. The third-order valence-corrected chi connectivity index (χ3v) is 3.11. The Hall–Kier alpha value is -2.01. The van der Waals surface area contributed by atoms with Crippen LogP contribution in [0.4, 0.5) is 0 Å². The van der Waals surface area contributed by atoms with Gasteiger partial charge in [-0.15, -0.1) is 0 Å². The van der Waals surface area contributed by atoms with Crippen LogP contribution in [0.25, 0.3) is 0 Å². The van der Waals surface area contributed by atoms with Crippen molar-refractivity contribution in [2.24, 2.45) is 12.0 Å². The Bertz CT molecular complexity index is 606. The van der Waals surface area contributed by atoms with Crippen molar-refractivity contribution in [2.45, 2.75) is 20.0 Å². The molecule has 0 unspecified atom stereocenters. The van der Waals surface area contributed by atoms with Gasteiger partial charge in [-0.3, -0.25) is 4.68 Å². The van der Waals surface area contributed by atoms with Gasteiger partial charge in [-0.05, 0) is 24.6 Å². The molecule has 0 amide bonds. The topological polar surface area (TPSA) is 54.2 Å². The van der Waals surface area contributed by atoms with Crippen LogP contribution >= 0.6 is 11.6 Å². The molecule has 0 fully saturated rings. The van der Waals surface area contributed by atoms with E-state index < -0.39 is 0 Å². The van der Waals surface area contributed by atoms with Gasteiger partial charge < -0.3 is 10.6 Å². The minimum absolute atomic E-state index is 0.596. The van der Waals surface area contributed by atoms with E-state index in [1.54, 1.807) is 4.68 Å². The van der Waals surface area contributed by atoms with E-state index in [4.69, 9.17) is 11.6 Å². The smallest absolute Gasteiger partial charge is 0.191 e. The predicted octanol–water partition coefficient (Wildman–Crippen LogP) is 2.33. The average molecular weight is 306 g/mol. The van der Waals surface area contributed by atoms with Crippen LogP contribution in [0.3, 0.4) is 0 Å². The molecule has 0 aliphatic rings. The fourth-order valence-corrected chi connectivity index (χ4v) is 2.11. The zero-order valence-corrected chi connectivity index (χ0v) is 13.1. The summed E-state index contributed by atoms with van der Waals surface area (Å²) < 4.78 is 1.77. The summed E-state index contributed by atoms with van der Waals surface area (Å²) in [5.41, 5.74) is 2.20. The van der Waals surface area contributed by atoms with Crippen LogP contribution in [0, 0.1) is 0 Å². The van der Waals surface area contributed by atoms with Gasteiger partial charge in [-0.2, -0.15) is 5.10 Å². The molecule has 2 N–H and O–H groups in total. The van der Waals surface area contributed by atoms with Crippen molar-refractivity contribution in [3.8, 4) is 0 Å². The quantitative estimate of drug-likeness (QED) is 0.658. The number of guanidine groups is 1. The number of halogens is 1. The maximum atomic E-state index is 5.98. The molecule has 2 aromatic rings. The summed E-state index contributed by atoms with van der Waals surface area (Å²) in [6, 6.07) is 7.79. The first-order chi connectivity index (χ1) is 10.2. The molecule has 1 aromatic carbocycles. The number of rotatable bonds is 5. The molecule has 6 heteroatoms. The number of nitrogens with one attached hydrogen (secondary N) is 2. The van der Waals surface area contributed by atoms with Gasteiger partial charge in [-0.25, -0.2) is 4.99 Å². The van der Waals surface area contributed by atoms with Crippen molar-refractivity contribution in [3.63, 3.8) is 0 Å². The summed E-state index contributed by atoms with van der Waals surface area (Å²) in [5, 5.41) is 11.4. The van der Waals surface area contributed by atoms with Crippen molar-refractivity contribution < 1.29 is 0 Å². The van der Waals surface area contributed by atoms with Crippen LogP contribution in [0.2, 0.25) is 5.02 Å². The van der Waals surface area contributed by atoms with Gasteiger partial charge in [0, 0.05) is 36.9 Å². The van der Waals surface area contributed by atoms with Crippen LogP contribution in [0.5, 0.6) is 0 Å². The van der Waals surface area contributed by atoms with Gasteiger partial charge in [0.25, 0.3) is 0 Å². The molecule has 0 saturated carbocycles. The first-order valence-corrected chi connectivity index (χ1v) is 7.29. The second-order valence-electron chi connectivity index (χ2n) is 4.70. The highest BCUT2D eigenvalue weighted by molar-refractivity contribution is 6.30. The van der Waals surface area contributed by atoms with Crippen LogP contribution in [-0.4, -0.2) is 22.3 Å². The Morgan fingerprint density at radius 1 is 1.33 bits per heavy atom. The molecule has 0 aliphatic carbocycles. The van der Waals surface area contributed by atoms with E-state index >= 15 is 0 Å². The molecule has 0 aliphatic heterocycles. The third kappa shape index (κ3) is 5.11. The van der Waals surface area contributed by atoms with Crippen molar-refractivity contribution in [3.05, 3.63) is 52.8 Å². The average Bonchev–Trinajstić information content (AvgIpc) is 2.88. The lowest BCUT2D eigenvalue weighted by Gasteiger charge is -2.11. The Balaban J connectivity index is 1.94. The lowest BCUT2D eigenvalue weighted by atomic mass is 10.2. The number of aliphatic imine (C=N–C) groups is 1. The lowest BCUT2D eigenvalue weighted by molar-refractivity contribution is 0.766. The summed E-state index contributed by atoms with van der Waals surface area (Å²) in [6.07, 6.45) is 3.79. The van der Waals surface area contributed by atoms with Crippen molar-refractivity contribution in [1.82, 2.24) is 20.4 Å². The molecule has 5 nitrogen and oxygen atoms in total. The standard InChI is InChI=1S/C15H20ClN5/c1-3-17-15(19-9-13-10-20-21(2)11-13)18-8-12-5-4-6-14(16)7-12/h4-7,10-11H,3,8-9H2,1-2H3,(H2,17,18,19). The van der Waals surface area contributed by atoms with E-state index in [9.17, 15) is 0 Å². The predicted molar refractivity (Wildman–Crippen MR) is 86.3 cm³/mol. The molecule has 0 saturated heterocycles. The minimum Gasteiger partial charge on any atom is -0.357 e. The van der Waals surface area contributed by atoms with Gasteiger partial charge in [0.05, 0.1) is 12.7 Å². The van der Waals surface area contributed by atoms with Crippen LogP contribution in [-0.2, 0) is 20.1 Å². The summed E-state index contributed by atoms with van der Waals surface area (Å²) in [6.45, 7) is 4.13. The van der Waals surface area contributed by atoms with Gasteiger partial charge in [0.2, 0.25) is 0 Å². The number of aryl methyl sites for hydroxylation is 1. The first-order valence-electron chi connectivity index (χ1n) is 6.91. The van der Waals surface area contributed by atoms with Crippen molar-refractivity contribution >= 4 is 17.6 Å². The molecule has 0 atom stereocenters. The SMILES string of the molecule is CCNC(=NCc1cnn(C)c1)NCc1cccc(Cl)c1. The Labute approximate surface area is 130 Å². The summed E-state index contributed by atoms with van der Waals surface area (Å²) in [5.74, 6) is 0.779. The fraction of sp³-hybridized carbons (Fsp3) is 0.333. The maximum absolute atomic E-state index is 5.98. The zero-order valence-electron chi connectivity index (χ0n) is 12.3. The molecular weight excluding hydrogens is 286 g/mol. The number of nitrogens with zero attached hydrogens (tertiary/aromatic N) is 3. The van der Waals surface area contributed by atoms with E-state index in [2.05, 4.69) is 20.7 Å². The van der Waals surface area contributed by atoms with Crippen LogP contribution in [0.1, 0.15) is 18.1 Å². The van der Waals surface area contributed by atoms with Crippen LogP contribution < -0.4 is 10.6 Å². The largest absolute Gasteiger partial charge is 0.357 e. The summed E-state index contributed by atoms with van der Waals surface area (Å²) in [7, 11) is 1.90. The molecule has 0 spiro atoms.